The van der Waals surface area contributed by atoms with E-state index in [9.17, 15) is 4.79 Å². The Labute approximate surface area is 92.3 Å². The Morgan fingerprint density at radius 1 is 1.57 bits per heavy atom. The molecule has 0 aliphatic carbocycles. The van der Waals surface area contributed by atoms with E-state index >= 15 is 0 Å². The zero-order valence-corrected chi connectivity index (χ0v) is 9.31. The second kappa shape index (κ2) is 5.27. The van der Waals surface area contributed by atoms with Crippen LogP contribution in [0, 0.1) is 0 Å². The first-order chi connectivity index (χ1) is 6.66. The molecule has 0 aliphatic rings. The summed E-state index contributed by atoms with van der Waals surface area (Å²) in [6.07, 6.45) is 1.88. The third kappa shape index (κ3) is 2.66. The van der Waals surface area contributed by atoms with Gasteiger partial charge in [0.25, 0.3) is 0 Å². The van der Waals surface area contributed by atoms with E-state index in [-0.39, 0.29) is 0 Å². The van der Waals surface area contributed by atoms with Crippen LogP contribution in [0.5, 0.6) is 0 Å². The average molecular weight is 231 g/mol. The van der Waals surface area contributed by atoms with E-state index in [0.29, 0.717) is 16.3 Å². The van der Waals surface area contributed by atoms with Gasteiger partial charge in [-0.3, -0.25) is 4.79 Å². The van der Waals surface area contributed by atoms with Crippen molar-refractivity contribution in [2.45, 2.75) is 5.92 Å². The minimum atomic E-state index is -0.826. The van der Waals surface area contributed by atoms with Crippen molar-refractivity contribution in [2.75, 3.05) is 12.0 Å². The van der Waals surface area contributed by atoms with Gasteiger partial charge in [0.05, 0.1) is 5.92 Å². The van der Waals surface area contributed by atoms with Gasteiger partial charge in [-0.15, -0.1) is 0 Å². The molecule has 0 amide bonds. The summed E-state index contributed by atoms with van der Waals surface area (Å²) >= 11 is 7.43. The number of carboxylic acid groups (broad SMARTS) is 1. The number of aliphatic carboxylic acids is 1. The molecule has 14 heavy (non-hydrogen) atoms. The summed E-state index contributed by atoms with van der Waals surface area (Å²) in [4.78, 5) is 11.0. The number of benzene rings is 1. The molecule has 0 bridgehead atoms. The van der Waals surface area contributed by atoms with Crippen molar-refractivity contribution in [2.24, 2.45) is 0 Å². The monoisotopic (exact) mass is 230 g/mol. The summed E-state index contributed by atoms with van der Waals surface area (Å²) in [5.41, 5.74) is 0.691. The number of hydrogen-bond acceptors (Lipinski definition) is 2. The zero-order valence-electron chi connectivity index (χ0n) is 7.74. The van der Waals surface area contributed by atoms with Crippen LogP contribution in [0.15, 0.2) is 24.3 Å². The van der Waals surface area contributed by atoms with Crippen LogP contribution in [0.3, 0.4) is 0 Å². The molecule has 1 rings (SSSR count). The molecule has 1 unspecified atom stereocenters. The Morgan fingerprint density at radius 3 is 2.71 bits per heavy atom. The minimum absolute atomic E-state index is 0.515. The van der Waals surface area contributed by atoms with E-state index in [1.165, 1.54) is 11.8 Å². The van der Waals surface area contributed by atoms with Crippen LogP contribution in [0.2, 0.25) is 5.02 Å². The molecule has 1 atom stereocenters. The van der Waals surface area contributed by atoms with Crippen molar-refractivity contribution >= 4 is 29.3 Å². The minimum Gasteiger partial charge on any atom is -0.481 e. The molecule has 4 heteroatoms. The molecular weight excluding hydrogens is 220 g/mol. The lowest BCUT2D eigenvalue weighted by molar-refractivity contribution is -0.138. The van der Waals surface area contributed by atoms with Gasteiger partial charge >= 0.3 is 5.97 Å². The molecule has 0 aliphatic heterocycles. The van der Waals surface area contributed by atoms with E-state index in [0.717, 1.165) is 0 Å². The molecule has 1 aromatic carbocycles. The highest BCUT2D eigenvalue weighted by Crippen LogP contribution is 2.26. The molecule has 0 fully saturated rings. The average Bonchev–Trinajstić information content (AvgIpc) is 2.15. The molecule has 0 aromatic heterocycles. The first kappa shape index (κ1) is 11.4. The van der Waals surface area contributed by atoms with Gasteiger partial charge in [-0.2, -0.15) is 11.8 Å². The fourth-order valence-electron chi connectivity index (χ4n) is 1.22. The van der Waals surface area contributed by atoms with Crippen molar-refractivity contribution in [3.8, 4) is 0 Å². The van der Waals surface area contributed by atoms with Gasteiger partial charge in [-0.05, 0) is 17.9 Å². The van der Waals surface area contributed by atoms with Crippen LogP contribution in [0.4, 0.5) is 0 Å². The maximum atomic E-state index is 11.0. The van der Waals surface area contributed by atoms with Gasteiger partial charge in [0.1, 0.15) is 0 Å². The second-order valence-corrected chi connectivity index (χ2v) is 4.19. The lowest BCUT2D eigenvalue weighted by Gasteiger charge is -2.12. The summed E-state index contributed by atoms with van der Waals surface area (Å²) in [5.74, 6) is -0.801. The van der Waals surface area contributed by atoms with Gasteiger partial charge in [0, 0.05) is 10.8 Å². The summed E-state index contributed by atoms with van der Waals surface area (Å²) in [7, 11) is 0. The summed E-state index contributed by atoms with van der Waals surface area (Å²) in [6, 6.07) is 7.08. The van der Waals surface area contributed by atoms with E-state index in [1.54, 1.807) is 24.3 Å². The quantitative estimate of drug-likeness (QED) is 0.864. The fourth-order valence-corrected chi connectivity index (χ4v) is 2.14. The van der Waals surface area contributed by atoms with Gasteiger partial charge in [0.15, 0.2) is 0 Å². The standard InChI is InChI=1S/C10H11ClO2S/c1-14-6-8(10(12)13)7-4-2-3-5-9(7)11/h2-5,8H,6H2,1H3,(H,12,13). The highest BCUT2D eigenvalue weighted by molar-refractivity contribution is 7.98. The lowest BCUT2D eigenvalue weighted by atomic mass is 10.0. The van der Waals surface area contributed by atoms with Crippen molar-refractivity contribution in [1.29, 1.82) is 0 Å². The molecule has 1 aromatic rings. The van der Waals surface area contributed by atoms with E-state index in [2.05, 4.69) is 0 Å². The first-order valence-corrected chi connectivity index (χ1v) is 5.90. The van der Waals surface area contributed by atoms with Crippen molar-refractivity contribution in [1.82, 2.24) is 0 Å². The topological polar surface area (TPSA) is 37.3 Å². The smallest absolute Gasteiger partial charge is 0.311 e. The second-order valence-electron chi connectivity index (χ2n) is 2.87. The number of halogens is 1. The van der Waals surface area contributed by atoms with Crippen molar-refractivity contribution < 1.29 is 9.90 Å². The van der Waals surface area contributed by atoms with Gasteiger partial charge in [-0.1, -0.05) is 29.8 Å². The van der Waals surface area contributed by atoms with Crippen molar-refractivity contribution in [3.05, 3.63) is 34.9 Å². The molecule has 0 saturated carbocycles. The largest absolute Gasteiger partial charge is 0.481 e. The molecule has 0 radical (unpaired) electrons. The van der Waals surface area contributed by atoms with Crippen LogP contribution < -0.4 is 0 Å². The highest BCUT2D eigenvalue weighted by atomic mass is 35.5. The summed E-state index contributed by atoms with van der Waals surface area (Å²) < 4.78 is 0. The predicted octanol–water partition coefficient (Wildman–Crippen LogP) is 2.87. The molecule has 0 spiro atoms. The van der Waals surface area contributed by atoms with Crippen LogP contribution >= 0.6 is 23.4 Å². The van der Waals surface area contributed by atoms with Gasteiger partial charge in [-0.25, -0.2) is 0 Å². The number of carboxylic acids is 1. The maximum absolute atomic E-state index is 11.0. The Kier molecular flexibility index (Phi) is 4.29. The van der Waals surface area contributed by atoms with Crippen LogP contribution in [0.1, 0.15) is 11.5 Å². The zero-order chi connectivity index (χ0) is 10.6. The number of carbonyl (C=O) groups is 1. The van der Waals surface area contributed by atoms with Crippen LogP contribution in [-0.4, -0.2) is 23.1 Å². The number of rotatable bonds is 4. The predicted molar refractivity (Wildman–Crippen MR) is 60.2 cm³/mol. The fraction of sp³-hybridized carbons (Fsp3) is 0.300. The van der Waals surface area contributed by atoms with E-state index in [1.807, 2.05) is 6.26 Å². The molecule has 1 N–H and O–H groups in total. The lowest BCUT2D eigenvalue weighted by Crippen LogP contribution is -2.14. The number of thioether (sulfide) groups is 1. The third-order valence-corrected chi connectivity index (χ3v) is 2.92. The molecule has 2 nitrogen and oxygen atoms in total. The summed E-state index contributed by atoms with van der Waals surface area (Å²) in [5, 5.41) is 9.53. The van der Waals surface area contributed by atoms with E-state index < -0.39 is 11.9 Å². The maximum Gasteiger partial charge on any atom is 0.311 e. The van der Waals surface area contributed by atoms with Gasteiger partial charge in [0.2, 0.25) is 0 Å². The van der Waals surface area contributed by atoms with Crippen LogP contribution in [-0.2, 0) is 4.79 Å². The number of hydrogen-bond donors (Lipinski definition) is 1. The Hall–Kier alpha value is -0.670. The Bertz CT molecular complexity index is 328. The molecule has 0 saturated heterocycles. The molecule has 76 valence electrons. The van der Waals surface area contributed by atoms with Crippen LogP contribution in [0.25, 0.3) is 0 Å². The summed E-state index contributed by atoms with van der Waals surface area (Å²) in [6.45, 7) is 0. The Morgan fingerprint density at radius 2 is 2.21 bits per heavy atom. The van der Waals surface area contributed by atoms with Crippen molar-refractivity contribution in [3.63, 3.8) is 0 Å². The van der Waals surface area contributed by atoms with E-state index in [4.69, 9.17) is 16.7 Å². The first-order valence-electron chi connectivity index (χ1n) is 4.13. The molecular formula is C10H11ClO2S. The SMILES string of the molecule is CSCC(C(=O)O)c1ccccc1Cl. The molecule has 0 heterocycles. The highest BCUT2D eigenvalue weighted by Gasteiger charge is 2.21. The Balaban J connectivity index is 2.99. The normalized spacial score (nSPS) is 12.4. The third-order valence-electron chi connectivity index (χ3n) is 1.91. The van der Waals surface area contributed by atoms with Gasteiger partial charge < -0.3 is 5.11 Å².